The standard InChI is InChI=1S/C15H21N3O/c1-17-11-13(10-16-17)14-8-5-9-18(14)15(19)12-6-3-2-4-7-12/h2-3,10-12,14H,4-9H2,1H3. The lowest BCUT2D eigenvalue weighted by molar-refractivity contribution is -0.136. The molecule has 3 rings (SSSR count). The summed E-state index contributed by atoms with van der Waals surface area (Å²) in [4.78, 5) is 14.7. The average Bonchev–Trinajstić information content (AvgIpc) is 3.07. The summed E-state index contributed by atoms with van der Waals surface area (Å²) in [5.74, 6) is 0.540. The number of aromatic nitrogens is 2. The van der Waals surface area contributed by atoms with E-state index in [1.807, 2.05) is 24.1 Å². The van der Waals surface area contributed by atoms with E-state index >= 15 is 0 Å². The van der Waals surface area contributed by atoms with Crippen molar-refractivity contribution in [2.75, 3.05) is 6.54 Å². The van der Waals surface area contributed by atoms with Crippen molar-refractivity contribution in [2.24, 2.45) is 13.0 Å². The molecule has 1 amide bonds. The highest BCUT2D eigenvalue weighted by Gasteiger charge is 2.34. The predicted octanol–water partition coefficient (Wildman–Crippen LogP) is 2.44. The van der Waals surface area contributed by atoms with E-state index in [0.29, 0.717) is 5.91 Å². The Kier molecular flexibility index (Phi) is 3.40. The fourth-order valence-corrected chi connectivity index (χ4v) is 3.24. The van der Waals surface area contributed by atoms with E-state index in [-0.39, 0.29) is 12.0 Å². The molecule has 0 saturated carbocycles. The minimum atomic E-state index is 0.197. The van der Waals surface area contributed by atoms with Crippen molar-refractivity contribution in [1.82, 2.24) is 14.7 Å². The van der Waals surface area contributed by atoms with Crippen LogP contribution in [-0.2, 0) is 11.8 Å². The van der Waals surface area contributed by atoms with Gasteiger partial charge in [0.25, 0.3) is 0 Å². The lowest BCUT2D eigenvalue weighted by Gasteiger charge is -2.29. The fraction of sp³-hybridized carbons (Fsp3) is 0.600. The monoisotopic (exact) mass is 259 g/mol. The molecule has 1 fully saturated rings. The molecule has 2 unspecified atom stereocenters. The van der Waals surface area contributed by atoms with Crippen molar-refractivity contribution in [3.63, 3.8) is 0 Å². The van der Waals surface area contributed by atoms with Gasteiger partial charge >= 0.3 is 0 Å². The molecule has 2 atom stereocenters. The topological polar surface area (TPSA) is 38.1 Å². The Morgan fingerprint density at radius 2 is 2.26 bits per heavy atom. The molecule has 1 saturated heterocycles. The van der Waals surface area contributed by atoms with Crippen LogP contribution in [0.5, 0.6) is 0 Å². The van der Waals surface area contributed by atoms with Crippen LogP contribution in [0.4, 0.5) is 0 Å². The van der Waals surface area contributed by atoms with Gasteiger partial charge in [0.1, 0.15) is 0 Å². The second-order valence-corrected chi connectivity index (χ2v) is 5.62. The van der Waals surface area contributed by atoms with Crippen molar-refractivity contribution in [3.05, 3.63) is 30.1 Å². The van der Waals surface area contributed by atoms with Crippen LogP contribution in [0.3, 0.4) is 0 Å². The van der Waals surface area contributed by atoms with Crippen LogP contribution in [0.25, 0.3) is 0 Å². The Labute approximate surface area is 114 Å². The third kappa shape index (κ3) is 2.44. The van der Waals surface area contributed by atoms with Crippen molar-refractivity contribution >= 4 is 5.91 Å². The molecule has 2 aliphatic rings. The number of hydrogen-bond donors (Lipinski definition) is 0. The molecule has 19 heavy (non-hydrogen) atoms. The first-order chi connectivity index (χ1) is 9.25. The van der Waals surface area contributed by atoms with Gasteiger partial charge in [0.05, 0.1) is 12.2 Å². The fourth-order valence-electron chi connectivity index (χ4n) is 3.24. The summed E-state index contributed by atoms with van der Waals surface area (Å²) in [7, 11) is 1.93. The second-order valence-electron chi connectivity index (χ2n) is 5.62. The van der Waals surface area contributed by atoms with Crippen LogP contribution in [0.15, 0.2) is 24.5 Å². The molecule has 4 nitrogen and oxygen atoms in total. The smallest absolute Gasteiger partial charge is 0.226 e. The van der Waals surface area contributed by atoms with E-state index in [1.54, 1.807) is 0 Å². The summed E-state index contributed by atoms with van der Waals surface area (Å²) in [6, 6.07) is 0.243. The molecule has 0 spiro atoms. The zero-order valence-corrected chi connectivity index (χ0v) is 11.5. The lowest BCUT2D eigenvalue weighted by atomic mass is 9.92. The Balaban J connectivity index is 1.75. The first kappa shape index (κ1) is 12.5. The third-order valence-corrected chi connectivity index (χ3v) is 4.26. The number of nitrogens with zero attached hydrogens (tertiary/aromatic N) is 3. The first-order valence-electron chi connectivity index (χ1n) is 7.20. The van der Waals surface area contributed by atoms with E-state index in [2.05, 4.69) is 22.2 Å². The molecule has 1 aliphatic carbocycles. The van der Waals surface area contributed by atoms with E-state index in [1.165, 1.54) is 5.56 Å². The Morgan fingerprint density at radius 3 is 2.95 bits per heavy atom. The number of rotatable bonds is 2. The van der Waals surface area contributed by atoms with E-state index in [4.69, 9.17) is 0 Å². The molecule has 2 heterocycles. The summed E-state index contributed by atoms with van der Waals surface area (Å²) in [6.45, 7) is 0.901. The SMILES string of the molecule is Cn1cc(C2CCCN2C(=O)C2CC=CCC2)cn1. The third-order valence-electron chi connectivity index (χ3n) is 4.26. The number of amides is 1. The number of aryl methyl sites for hydroxylation is 1. The Hall–Kier alpha value is -1.58. The van der Waals surface area contributed by atoms with E-state index in [9.17, 15) is 4.79 Å². The zero-order chi connectivity index (χ0) is 13.2. The molecule has 0 N–H and O–H groups in total. The molecule has 1 aromatic rings. The van der Waals surface area contributed by atoms with Gasteiger partial charge in [0, 0.05) is 31.3 Å². The van der Waals surface area contributed by atoms with Crippen molar-refractivity contribution in [3.8, 4) is 0 Å². The number of hydrogen-bond acceptors (Lipinski definition) is 2. The molecule has 102 valence electrons. The van der Waals surface area contributed by atoms with Crippen LogP contribution >= 0.6 is 0 Å². The summed E-state index contributed by atoms with van der Waals surface area (Å²) in [5, 5.41) is 4.24. The summed E-state index contributed by atoms with van der Waals surface area (Å²) >= 11 is 0. The first-order valence-corrected chi connectivity index (χ1v) is 7.20. The van der Waals surface area contributed by atoms with E-state index < -0.39 is 0 Å². The maximum atomic E-state index is 12.7. The maximum Gasteiger partial charge on any atom is 0.226 e. The van der Waals surface area contributed by atoms with Gasteiger partial charge in [-0.25, -0.2) is 0 Å². The zero-order valence-electron chi connectivity index (χ0n) is 11.5. The van der Waals surface area contributed by atoms with Gasteiger partial charge in [-0.15, -0.1) is 0 Å². The van der Waals surface area contributed by atoms with Gasteiger partial charge in [0.2, 0.25) is 5.91 Å². The summed E-state index contributed by atoms with van der Waals surface area (Å²) < 4.78 is 1.82. The lowest BCUT2D eigenvalue weighted by Crippen LogP contribution is -2.36. The molecule has 0 bridgehead atoms. The number of carbonyl (C=O) groups excluding carboxylic acids is 1. The van der Waals surface area contributed by atoms with Crippen LogP contribution in [-0.4, -0.2) is 27.1 Å². The molecule has 4 heteroatoms. The van der Waals surface area contributed by atoms with Crippen molar-refractivity contribution < 1.29 is 4.79 Å². The quantitative estimate of drug-likeness (QED) is 0.765. The van der Waals surface area contributed by atoms with Gasteiger partial charge < -0.3 is 4.90 Å². The van der Waals surface area contributed by atoms with Gasteiger partial charge in [-0.3, -0.25) is 9.48 Å². The highest BCUT2D eigenvalue weighted by molar-refractivity contribution is 5.80. The van der Waals surface area contributed by atoms with Gasteiger partial charge in [-0.1, -0.05) is 12.2 Å². The van der Waals surface area contributed by atoms with Crippen LogP contribution < -0.4 is 0 Å². The van der Waals surface area contributed by atoms with E-state index in [0.717, 1.165) is 38.6 Å². The molecule has 1 aromatic heterocycles. The normalized spacial score (nSPS) is 26.9. The summed E-state index contributed by atoms with van der Waals surface area (Å²) in [6.07, 6.45) is 13.4. The predicted molar refractivity (Wildman–Crippen MR) is 73.4 cm³/mol. The second kappa shape index (κ2) is 5.19. The molecule has 1 aliphatic heterocycles. The number of allylic oxidation sites excluding steroid dienone is 2. The average molecular weight is 259 g/mol. The largest absolute Gasteiger partial charge is 0.335 e. The van der Waals surface area contributed by atoms with Crippen LogP contribution in [0.2, 0.25) is 0 Å². The van der Waals surface area contributed by atoms with Crippen molar-refractivity contribution in [1.29, 1.82) is 0 Å². The van der Waals surface area contributed by atoms with Gasteiger partial charge in [-0.05, 0) is 32.1 Å². The van der Waals surface area contributed by atoms with Crippen LogP contribution in [0.1, 0.15) is 43.7 Å². The van der Waals surface area contributed by atoms with Crippen LogP contribution in [0, 0.1) is 5.92 Å². The van der Waals surface area contributed by atoms with Gasteiger partial charge in [-0.2, -0.15) is 5.10 Å². The molecule has 0 radical (unpaired) electrons. The Bertz CT molecular complexity index is 491. The number of carbonyl (C=O) groups is 1. The molecular formula is C15H21N3O. The summed E-state index contributed by atoms with van der Waals surface area (Å²) in [5.41, 5.74) is 1.18. The number of likely N-dealkylation sites (tertiary alicyclic amines) is 1. The molecular weight excluding hydrogens is 238 g/mol. The molecule has 0 aromatic carbocycles. The minimum absolute atomic E-state index is 0.197. The highest BCUT2D eigenvalue weighted by atomic mass is 16.2. The highest BCUT2D eigenvalue weighted by Crippen LogP contribution is 2.34. The Morgan fingerprint density at radius 1 is 1.37 bits per heavy atom. The van der Waals surface area contributed by atoms with Crippen molar-refractivity contribution in [2.45, 2.75) is 38.1 Å². The minimum Gasteiger partial charge on any atom is -0.335 e. The van der Waals surface area contributed by atoms with Gasteiger partial charge in [0.15, 0.2) is 0 Å². The maximum absolute atomic E-state index is 12.7.